The van der Waals surface area contributed by atoms with E-state index in [2.05, 4.69) is 33.2 Å². The van der Waals surface area contributed by atoms with Crippen LogP contribution in [0, 0.1) is 11.3 Å². The number of nitrogens with zero attached hydrogens (tertiary/aromatic N) is 4. The van der Waals surface area contributed by atoms with Gasteiger partial charge in [0.15, 0.2) is 0 Å². The first-order valence-electron chi connectivity index (χ1n) is 10.3. The third kappa shape index (κ3) is 3.34. The van der Waals surface area contributed by atoms with Crippen LogP contribution >= 0.6 is 11.6 Å². The molecule has 4 heterocycles. The Labute approximate surface area is 184 Å². The van der Waals surface area contributed by atoms with Crippen LogP contribution in [0.5, 0.6) is 0 Å². The Kier molecular flexibility index (Phi) is 4.89. The summed E-state index contributed by atoms with van der Waals surface area (Å²) in [7, 11) is 0. The van der Waals surface area contributed by atoms with Crippen LogP contribution in [-0.2, 0) is 0 Å². The van der Waals surface area contributed by atoms with Gasteiger partial charge in [-0.2, -0.15) is 5.26 Å². The molecule has 0 radical (unpaired) electrons. The number of rotatable bonds is 4. The van der Waals surface area contributed by atoms with Crippen LogP contribution in [-0.4, -0.2) is 40.6 Å². The number of H-pyrrole nitrogens is 1. The van der Waals surface area contributed by atoms with E-state index < -0.39 is 0 Å². The van der Waals surface area contributed by atoms with Crippen LogP contribution in [0.4, 0.5) is 11.4 Å². The largest absolute Gasteiger partial charge is 0.384 e. The molecule has 31 heavy (non-hydrogen) atoms. The molecule has 156 valence electrons. The fraction of sp³-hybridized carbons (Fsp3) is 0.261. The Hall–Kier alpha value is -3.34. The quantitative estimate of drug-likeness (QED) is 0.445. The van der Waals surface area contributed by atoms with Crippen molar-refractivity contribution in [2.24, 2.45) is 5.73 Å². The summed E-state index contributed by atoms with van der Waals surface area (Å²) in [6.45, 7) is 4.44. The summed E-state index contributed by atoms with van der Waals surface area (Å²) < 4.78 is 0. The maximum atomic E-state index is 9.36. The molecule has 7 nitrogen and oxygen atoms in total. The smallest absolute Gasteiger partial charge is 0.140 e. The van der Waals surface area contributed by atoms with E-state index in [-0.39, 0.29) is 6.04 Å². The highest BCUT2D eigenvalue weighted by Gasteiger charge is 2.26. The van der Waals surface area contributed by atoms with E-state index >= 15 is 0 Å². The van der Waals surface area contributed by atoms with E-state index in [0.717, 1.165) is 70.5 Å². The second kappa shape index (κ2) is 7.73. The first-order chi connectivity index (χ1) is 15.1. The van der Waals surface area contributed by atoms with Crippen molar-refractivity contribution in [1.29, 1.82) is 5.26 Å². The molecular weight excluding hydrogens is 410 g/mol. The summed E-state index contributed by atoms with van der Waals surface area (Å²) in [5.41, 5.74) is 12.3. The van der Waals surface area contributed by atoms with Gasteiger partial charge in [-0.05, 0) is 31.5 Å². The average Bonchev–Trinajstić information content (AvgIpc) is 3.37. The number of nitriles is 1. The predicted molar refractivity (Wildman–Crippen MR) is 126 cm³/mol. The molecular formula is C23H22ClN7. The highest BCUT2D eigenvalue weighted by atomic mass is 35.5. The predicted octanol–water partition coefficient (Wildman–Crippen LogP) is 4.27. The lowest BCUT2D eigenvalue weighted by molar-refractivity contribution is 0.752. The minimum atomic E-state index is 0.116. The first kappa shape index (κ1) is 19.6. The van der Waals surface area contributed by atoms with E-state index in [9.17, 15) is 5.26 Å². The van der Waals surface area contributed by atoms with Gasteiger partial charge in [-0.3, -0.25) is 4.98 Å². The molecule has 0 unspecified atom stereocenters. The number of halogens is 1. The number of nitrogens with one attached hydrogen (secondary N) is 2. The van der Waals surface area contributed by atoms with E-state index in [1.165, 1.54) is 0 Å². The fourth-order valence-electron chi connectivity index (χ4n) is 4.42. The summed E-state index contributed by atoms with van der Waals surface area (Å²) in [6.07, 6.45) is 6.11. The van der Waals surface area contributed by atoms with Crippen molar-refractivity contribution in [3.05, 3.63) is 47.4 Å². The lowest BCUT2D eigenvalue weighted by atomic mass is 10.0. The number of fused-ring (bicyclic) bond motifs is 3. The topological polar surface area (TPSA) is 107 Å². The summed E-state index contributed by atoms with van der Waals surface area (Å²) in [4.78, 5) is 14.8. The van der Waals surface area contributed by atoms with Crippen molar-refractivity contribution in [2.75, 3.05) is 29.9 Å². The van der Waals surface area contributed by atoms with Crippen molar-refractivity contribution in [2.45, 2.75) is 19.4 Å². The van der Waals surface area contributed by atoms with Crippen LogP contribution < -0.4 is 16.0 Å². The third-order valence-electron chi connectivity index (χ3n) is 5.75. The molecule has 0 saturated carbocycles. The molecule has 0 amide bonds. The second-order valence-electron chi connectivity index (χ2n) is 7.84. The highest BCUT2D eigenvalue weighted by molar-refractivity contribution is 6.33. The SMILES string of the molecule is CCNc1cc(Cl)cc2c1[nH]c1ncc(-c3cncc(C#N)c3)c(N3CC[C@@H](N)C3)c12. The molecule has 5 rings (SSSR count). The molecule has 8 heteroatoms. The van der Waals surface area contributed by atoms with Crippen LogP contribution in [0.2, 0.25) is 5.02 Å². The van der Waals surface area contributed by atoms with Gasteiger partial charge in [-0.1, -0.05) is 11.6 Å². The van der Waals surface area contributed by atoms with Gasteiger partial charge in [-0.15, -0.1) is 0 Å². The van der Waals surface area contributed by atoms with E-state index in [4.69, 9.17) is 22.3 Å². The van der Waals surface area contributed by atoms with Crippen LogP contribution in [0.3, 0.4) is 0 Å². The minimum absolute atomic E-state index is 0.116. The molecule has 1 saturated heterocycles. The molecule has 0 bridgehead atoms. The molecule has 1 aliphatic rings. The Morgan fingerprint density at radius 2 is 2.19 bits per heavy atom. The molecule has 4 aromatic rings. The average molecular weight is 432 g/mol. The first-order valence-corrected chi connectivity index (χ1v) is 10.7. The minimum Gasteiger partial charge on any atom is -0.384 e. The normalized spacial score (nSPS) is 16.2. The number of benzene rings is 1. The summed E-state index contributed by atoms with van der Waals surface area (Å²) in [6, 6.07) is 8.04. The Morgan fingerprint density at radius 3 is 2.94 bits per heavy atom. The van der Waals surface area contributed by atoms with Gasteiger partial charge in [0.2, 0.25) is 0 Å². The second-order valence-corrected chi connectivity index (χ2v) is 8.28. The molecule has 1 atom stereocenters. The van der Waals surface area contributed by atoms with Gasteiger partial charge in [0.25, 0.3) is 0 Å². The number of hydrogen-bond acceptors (Lipinski definition) is 6. The number of nitrogens with two attached hydrogens (primary N) is 1. The molecule has 3 aromatic heterocycles. The summed E-state index contributed by atoms with van der Waals surface area (Å²) >= 11 is 6.49. The Bertz CT molecular complexity index is 1340. The molecule has 1 aliphatic heterocycles. The number of pyridine rings is 2. The van der Waals surface area contributed by atoms with Gasteiger partial charge >= 0.3 is 0 Å². The van der Waals surface area contributed by atoms with Crippen LogP contribution in [0.25, 0.3) is 33.1 Å². The van der Waals surface area contributed by atoms with Crippen LogP contribution in [0.15, 0.2) is 36.8 Å². The maximum Gasteiger partial charge on any atom is 0.140 e. The zero-order valence-electron chi connectivity index (χ0n) is 17.1. The van der Waals surface area contributed by atoms with Crippen molar-refractivity contribution in [3.63, 3.8) is 0 Å². The lowest BCUT2D eigenvalue weighted by Crippen LogP contribution is -2.26. The number of aromatic nitrogens is 3. The van der Waals surface area contributed by atoms with Gasteiger partial charge in [-0.25, -0.2) is 4.98 Å². The van der Waals surface area contributed by atoms with Crippen molar-refractivity contribution in [1.82, 2.24) is 15.0 Å². The Balaban J connectivity index is 1.85. The number of hydrogen-bond donors (Lipinski definition) is 3. The zero-order valence-corrected chi connectivity index (χ0v) is 17.9. The molecule has 0 aliphatic carbocycles. The van der Waals surface area contributed by atoms with Gasteiger partial charge in [0.05, 0.1) is 27.8 Å². The molecule has 1 fully saturated rings. The van der Waals surface area contributed by atoms with Crippen molar-refractivity contribution < 1.29 is 0 Å². The summed E-state index contributed by atoms with van der Waals surface area (Å²) in [5.74, 6) is 0. The number of anilines is 2. The monoisotopic (exact) mass is 431 g/mol. The zero-order chi connectivity index (χ0) is 21.5. The maximum absolute atomic E-state index is 9.36. The fourth-order valence-corrected chi connectivity index (χ4v) is 4.64. The third-order valence-corrected chi connectivity index (χ3v) is 5.97. The number of aromatic amines is 1. The van der Waals surface area contributed by atoms with Crippen molar-refractivity contribution in [3.8, 4) is 17.2 Å². The highest BCUT2D eigenvalue weighted by Crippen LogP contribution is 2.43. The van der Waals surface area contributed by atoms with Gasteiger partial charge in [0, 0.05) is 65.8 Å². The Morgan fingerprint density at radius 1 is 1.32 bits per heavy atom. The molecule has 4 N–H and O–H groups in total. The molecule has 0 spiro atoms. The van der Waals surface area contributed by atoms with Crippen LogP contribution in [0.1, 0.15) is 18.9 Å². The van der Waals surface area contributed by atoms with Gasteiger partial charge in [0.1, 0.15) is 11.7 Å². The van der Waals surface area contributed by atoms with Crippen molar-refractivity contribution >= 4 is 44.9 Å². The van der Waals surface area contributed by atoms with Gasteiger partial charge < -0.3 is 20.9 Å². The standard InChI is InChI=1S/C23H22ClN7/c1-2-28-19-7-15(24)6-17-20-22(31-4-3-16(26)12-31)18(11-29-23(20)30-21(17)19)14-5-13(8-25)9-27-10-14/h5-7,9-11,16,28H,2-4,12,26H2,1H3,(H,29,30)/t16-/m1/s1. The van der Waals surface area contributed by atoms with E-state index in [1.54, 1.807) is 12.4 Å². The van der Waals surface area contributed by atoms with E-state index in [1.807, 2.05) is 24.4 Å². The van der Waals surface area contributed by atoms with E-state index in [0.29, 0.717) is 10.6 Å². The lowest BCUT2D eigenvalue weighted by Gasteiger charge is -2.23. The summed E-state index contributed by atoms with van der Waals surface area (Å²) in [5, 5.41) is 15.4. The molecule has 1 aromatic carbocycles.